The van der Waals surface area contributed by atoms with Gasteiger partial charge in [0.1, 0.15) is 0 Å². The second kappa shape index (κ2) is 6.93. The Kier molecular flexibility index (Phi) is 5.24. The van der Waals surface area contributed by atoms with Crippen molar-refractivity contribution in [2.24, 2.45) is 13.0 Å². The number of hydrogen-bond acceptors (Lipinski definition) is 2. The number of nitrogens with one attached hydrogen (secondary N) is 1. The van der Waals surface area contributed by atoms with Gasteiger partial charge < -0.3 is 5.32 Å². The fraction of sp³-hybridized carbons (Fsp3) is 0.800. The molecule has 18 heavy (non-hydrogen) atoms. The second-order valence-corrected chi connectivity index (χ2v) is 5.63. The molecular weight excluding hydrogens is 222 g/mol. The van der Waals surface area contributed by atoms with Crippen LogP contribution in [-0.2, 0) is 13.5 Å². The van der Waals surface area contributed by atoms with Crippen molar-refractivity contribution in [3.63, 3.8) is 0 Å². The van der Waals surface area contributed by atoms with Crippen molar-refractivity contribution < 1.29 is 0 Å². The molecule has 3 nitrogen and oxygen atoms in total. The highest BCUT2D eigenvalue weighted by atomic mass is 15.3. The van der Waals surface area contributed by atoms with Crippen molar-refractivity contribution in [1.29, 1.82) is 0 Å². The van der Waals surface area contributed by atoms with Gasteiger partial charge in [-0.05, 0) is 31.2 Å². The molecule has 1 aliphatic rings. The van der Waals surface area contributed by atoms with E-state index in [1.54, 1.807) is 0 Å². The summed E-state index contributed by atoms with van der Waals surface area (Å²) in [5.41, 5.74) is 1.32. The van der Waals surface area contributed by atoms with Crippen LogP contribution in [0.5, 0.6) is 0 Å². The van der Waals surface area contributed by atoms with E-state index in [-0.39, 0.29) is 0 Å². The fourth-order valence-electron chi connectivity index (χ4n) is 3.04. The third-order valence-electron chi connectivity index (χ3n) is 4.40. The zero-order chi connectivity index (χ0) is 12.8. The Morgan fingerprint density at radius 2 is 2.22 bits per heavy atom. The zero-order valence-electron chi connectivity index (χ0n) is 11.9. The zero-order valence-corrected chi connectivity index (χ0v) is 11.9. The van der Waals surface area contributed by atoms with E-state index in [2.05, 4.69) is 23.4 Å². The van der Waals surface area contributed by atoms with E-state index >= 15 is 0 Å². The summed E-state index contributed by atoms with van der Waals surface area (Å²) in [5.74, 6) is 0.980. The van der Waals surface area contributed by atoms with E-state index in [0.717, 1.165) is 24.9 Å². The van der Waals surface area contributed by atoms with Gasteiger partial charge in [-0.1, -0.05) is 26.2 Å². The van der Waals surface area contributed by atoms with Crippen LogP contribution in [0.25, 0.3) is 0 Å². The van der Waals surface area contributed by atoms with Crippen LogP contribution in [0.3, 0.4) is 0 Å². The molecule has 0 amide bonds. The van der Waals surface area contributed by atoms with Crippen LogP contribution in [0.15, 0.2) is 12.3 Å². The van der Waals surface area contributed by atoms with Gasteiger partial charge in [0.05, 0.1) is 0 Å². The summed E-state index contributed by atoms with van der Waals surface area (Å²) < 4.78 is 1.97. The van der Waals surface area contributed by atoms with Crippen molar-refractivity contribution in [1.82, 2.24) is 15.1 Å². The van der Waals surface area contributed by atoms with Crippen LogP contribution in [0.2, 0.25) is 0 Å². The maximum Gasteiger partial charge on any atom is 0.0492 e. The predicted molar refractivity (Wildman–Crippen MR) is 75.6 cm³/mol. The first kappa shape index (κ1) is 13.6. The molecule has 1 aliphatic carbocycles. The molecule has 2 rings (SSSR count). The highest BCUT2D eigenvalue weighted by Crippen LogP contribution is 2.25. The van der Waals surface area contributed by atoms with Gasteiger partial charge >= 0.3 is 0 Å². The minimum Gasteiger partial charge on any atom is -0.314 e. The molecule has 2 atom stereocenters. The van der Waals surface area contributed by atoms with Gasteiger partial charge in [-0.3, -0.25) is 4.68 Å². The normalized spacial score (nSPS) is 25.0. The van der Waals surface area contributed by atoms with E-state index < -0.39 is 0 Å². The summed E-state index contributed by atoms with van der Waals surface area (Å²) >= 11 is 0. The number of rotatable bonds is 5. The predicted octanol–water partition coefficient (Wildman–Crippen LogP) is 2.91. The fourth-order valence-corrected chi connectivity index (χ4v) is 3.04. The van der Waals surface area contributed by atoms with Crippen molar-refractivity contribution in [2.45, 2.75) is 57.9 Å². The molecule has 1 fully saturated rings. The van der Waals surface area contributed by atoms with Crippen molar-refractivity contribution in [2.75, 3.05) is 6.54 Å². The van der Waals surface area contributed by atoms with Crippen LogP contribution >= 0.6 is 0 Å². The minimum atomic E-state index is 0.745. The lowest BCUT2D eigenvalue weighted by molar-refractivity contribution is 0.426. The van der Waals surface area contributed by atoms with Gasteiger partial charge in [0.25, 0.3) is 0 Å². The lowest BCUT2D eigenvalue weighted by Gasteiger charge is -2.16. The summed E-state index contributed by atoms with van der Waals surface area (Å²) in [6.45, 7) is 3.42. The number of aromatic nitrogens is 2. The van der Waals surface area contributed by atoms with E-state index in [9.17, 15) is 0 Å². The quantitative estimate of drug-likeness (QED) is 0.813. The smallest absolute Gasteiger partial charge is 0.0492 e. The highest BCUT2D eigenvalue weighted by molar-refractivity contribution is 5.00. The summed E-state index contributed by atoms with van der Waals surface area (Å²) in [6, 6.07) is 2.86. The van der Waals surface area contributed by atoms with Gasteiger partial charge in [-0.25, -0.2) is 0 Å². The van der Waals surface area contributed by atoms with E-state index in [1.165, 1.54) is 44.2 Å². The Labute approximate surface area is 111 Å². The first-order chi connectivity index (χ1) is 8.79. The average Bonchev–Trinajstić information content (AvgIpc) is 2.66. The topological polar surface area (TPSA) is 29.9 Å². The molecular formula is C15H27N3. The molecule has 1 heterocycles. The summed E-state index contributed by atoms with van der Waals surface area (Å²) in [6.07, 6.45) is 11.3. The molecule has 1 saturated carbocycles. The maximum absolute atomic E-state index is 4.21. The third kappa shape index (κ3) is 3.84. The Bertz CT molecular complexity index is 345. The molecule has 1 aromatic rings. The van der Waals surface area contributed by atoms with Crippen LogP contribution in [0.1, 0.15) is 51.1 Å². The Morgan fingerprint density at radius 3 is 2.94 bits per heavy atom. The number of hydrogen-bond donors (Lipinski definition) is 1. The maximum atomic E-state index is 4.21. The molecule has 1 aromatic heterocycles. The molecule has 0 aromatic carbocycles. The number of nitrogens with zero attached hydrogens (tertiary/aromatic N) is 2. The first-order valence-electron chi connectivity index (χ1n) is 7.50. The van der Waals surface area contributed by atoms with Crippen LogP contribution in [0, 0.1) is 5.92 Å². The molecule has 0 saturated heterocycles. The second-order valence-electron chi connectivity index (χ2n) is 5.63. The van der Waals surface area contributed by atoms with Gasteiger partial charge in [0, 0.05) is 37.9 Å². The molecule has 2 unspecified atom stereocenters. The molecule has 0 aliphatic heterocycles. The number of aryl methyl sites for hydroxylation is 1. The van der Waals surface area contributed by atoms with E-state index in [4.69, 9.17) is 0 Å². The van der Waals surface area contributed by atoms with E-state index in [1.807, 2.05) is 17.9 Å². The van der Waals surface area contributed by atoms with Crippen LogP contribution < -0.4 is 5.32 Å². The molecule has 102 valence electrons. The van der Waals surface area contributed by atoms with Crippen LogP contribution in [0.4, 0.5) is 0 Å². The summed E-state index contributed by atoms with van der Waals surface area (Å²) in [7, 11) is 2.02. The van der Waals surface area contributed by atoms with Crippen molar-refractivity contribution in [3.05, 3.63) is 18.0 Å². The van der Waals surface area contributed by atoms with Gasteiger partial charge in [0.2, 0.25) is 0 Å². The molecule has 1 N–H and O–H groups in total. The lowest BCUT2D eigenvalue weighted by atomic mass is 9.98. The SMILES string of the molecule is CCC1CCCC(NCCc2ccnn2C)CC1. The molecule has 0 spiro atoms. The molecule has 0 radical (unpaired) electrons. The van der Waals surface area contributed by atoms with Crippen molar-refractivity contribution >= 4 is 0 Å². The Balaban J connectivity index is 1.69. The Hall–Kier alpha value is -0.830. The molecule has 0 bridgehead atoms. The van der Waals surface area contributed by atoms with Gasteiger partial charge in [-0.2, -0.15) is 5.10 Å². The summed E-state index contributed by atoms with van der Waals surface area (Å²) in [5, 5.41) is 7.94. The largest absolute Gasteiger partial charge is 0.314 e. The average molecular weight is 249 g/mol. The van der Waals surface area contributed by atoms with Gasteiger partial charge in [-0.15, -0.1) is 0 Å². The summed E-state index contributed by atoms with van der Waals surface area (Å²) in [4.78, 5) is 0. The third-order valence-corrected chi connectivity index (χ3v) is 4.40. The van der Waals surface area contributed by atoms with E-state index in [0.29, 0.717) is 0 Å². The monoisotopic (exact) mass is 249 g/mol. The Morgan fingerprint density at radius 1 is 1.33 bits per heavy atom. The van der Waals surface area contributed by atoms with Gasteiger partial charge in [0.15, 0.2) is 0 Å². The van der Waals surface area contributed by atoms with Crippen molar-refractivity contribution in [3.8, 4) is 0 Å². The first-order valence-corrected chi connectivity index (χ1v) is 7.50. The minimum absolute atomic E-state index is 0.745. The molecule has 3 heteroatoms. The highest BCUT2D eigenvalue weighted by Gasteiger charge is 2.17. The lowest BCUT2D eigenvalue weighted by Crippen LogP contribution is -2.30. The van der Waals surface area contributed by atoms with Crippen LogP contribution in [-0.4, -0.2) is 22.4 Å². The standard InChI is InChI=1S/C15H27N3/c1-3-13-5-4-6-14(8-7-13)16-11-9-15-10-12-17-18(15)2/h10,12-14,16H,3-9,11H2,1-2H3.